The largest absolute Gasteiger partial charge is 0.395 e. The van der Waals surface area contributed by atoms with Crippen molar-refractivity contribution < 1.29 is 14.9 Å². The molecule has 0 aliphatic rings. The molecular weight excluding hydrogens is 182 g/mol. The van der Waals surface area contributed by atoms with E-state index in [9.17, 15) is 5.11 Å². The van der Waals surface area contributed by atoms with Crippen LogP contribution in [0.5, 0.6) is 0 Å². The van der Waals surface area contributed by atoms with Gasteiger partial charge in [0.25, 0.3) is 0 Å². The van der Waals surface area contributed by atoms with Crippen LogP contribution in [0.3, 0.4) is 0 Å². The molecule has 0 aromatic heterocycles. The van der Waals surface area contributed by atoms with Crippen molar-refractivity contribution in [1.29, 1.82) is 0 Å². The van der Waals surface area contributed by atoms with Crippen molar-refractivity contribution in [2.75, 3.05) is 26.9 Å². The van der Waals surface area contributed by atoms with E-state index in [-0.39, 0.29) is 18.6 Å². The molecule has 0 aromatic rings. The zero-order valence-electron chi connectivity index (χ0n) is 9.58. The third kappa shape index (κ3) is 4.91. The molecule has 0 radical (unpaired) electrons. The Bertz CT molecular complexity index is 148. The molecule has 2 unspecified atom stereocenters. The molecule has 0 fully saturated rings. The van der Waals surface area contributed by atoms with Gasteiger partial charge in [-0.25, -0.2) is 0 Å². The molecule has 0 aliphatic carbocycles. The minimum absolute atomic E-state index is 0.0159. The fraction of sp³-hybridized carbons (Fsp3) is 1.00. The van der Waals surface area contributed by atoms with E-state index in [1.807, 2.05) is 13.8 Å². The monoisotopic (exact) mass is 205 g/mol. The molecule has 2 atom stereocenters. The van der Waals surface area contributed by atoms with Gasteiger partial charge in [0, 0.05) is 13.7 Å². The highest BCUT2D eigenvalue weighted by molar-refractivity contribution is 4.81. The van der Waals surface area contributed by atoms with Gasteiger partial charge >= 0.3 is 0 Å². The smallest absolute Gasteiger partial charge is 0.0766 e. The number of aliphatic hydroxyl groups excluding tert-OH is 1. The summed E-state index contributed by atoms with van der Waals surface area (Å²) >= 11 is 0. The number of nitrogens with one attached hydrogen (secondary N) is 1. The lowest BCUT2D eigenvalue weighted by atomic mass is 9.92. The second-order valence-corrected chi connectivity index (χ2v) is 4.23. The number of rotatable bonds is 7. The summed E-state index contributed by atoms with van der Waals surface area (Å²) < 4.78 is 4.92. The first-order valence-corrected chi connectivity index (χ1v) is 4.99. The summed E-state index contributed by atoms with van der Waals surface area (Å²) in [6, 6.07) is -0.106. The normalized spacial score (nSPS) is 18.2. The summed E-state index contributed by atoms with van der Waals surface area (Å²) in [5.41, 5.74) is -0.749. The lowest BCUT2D eigenvalue weighted by molar-refractivity contribution is 0.00627. The molecule has 0 heterocycles. The molecule has 14 heavy (non-hydrogen) atoms. The van der Waals surface area contributed by atoms with Crippen LogP contribution < -0.4 is 5.32 Å². The fourth-order valence-corrected chi connectivity index (χ4v) is 0.932. The topological polar surface area (TPSA) is 61.7 Å². The van der Waals surface area contributed by atoms with Gasteiger partial charge in [0.15, 0.2) is 0 Å². The van der Waals surface area contributed by atoms with Gasteiger partial charge in [-0.2, -0.15) is 0 Å². The van der Waals surface area contributed by atoms with Crippen molar-refractivity contribution in [2.45, 2.75) is 32.4 Å². The summed E-state index contributed by atoms with van der Waals surface area (Å²) in [6.45, 7) is 6.63. The van der Waals surface area contributed by atoms with Gasteiger partial charge in [-0.05, 0) is 12.8 Å². The second kappa shape index (κ2) is 6.35. The van der Waals surface area contributed by atoms with Crippen molar-refractivity contribution in [3.8, 4) is 0 Å². The summed E-state index contributed by atoms with van der Waals surface area (Å²) in [4.78, 5) is 0. The Morgan fingerprint density at radius 3 is 2.36 bits per heavy atom. The Labute approximate surface area is 86.3 Å². The predicted octanol–water partition coefficient (Wildman–Crippen LogP) is -0.00970. The molecule has 0 aliphatic heterocycles. The molecule has 86 valence electrons. The lowest BCUT2D eigenvalue weighted by Gasteiger charge is -2.29. The first-order chi connectivity index (χ1) is 6.44. The van der Waals surface area contributed by atoms with Gasteiger partial charge in [0.05, 0.1) is 24.9 Å². The van der Waals surface area contributed by atoms with Crippen LogP contribution in [0.25, 0.3) is 0 Å². The highest BCUT2D eigenvalue weighted by atomic mass is 16.5. The van der Waals surface area contributed by atoms with Crippen LogP contribution in [0.2, 0.25) is 0 Å². The van der Waals surface area contributed by atoms with Gasteiger partial charge < -0.3 is 20.3 Å². The standard InChI is InChI=1S/C10H23NO3/c1-8(2)10(3,13)7-11-9(5-12)6-14-4/h8-9,11-13H,5-7H2,1-4H3. The van der Waals surface area contributed by atoms with Crippen LogP contribution in [0.4, 0.5) is 0 Å². The zero-order valence-corrected chi connectivity index (χ0v) is 9.58. The maximum absolute atomic E-state index is 9.92. The average Bonchev–Trinajstić information content (AvgIpc) is 2.12. The molecule has 0 spiro atoms. The Balaban J connectivity index is 3.89. The van der Waals surface area contributed by atoms with Crippen LogP contribution in [-0.4, -0.2) is 48.7 Å². The molecule has 0 saturated heterocycles. The molecular formula is C10H23NO3. The molecule has 0 saturated carbocycles. The molecule has 0 bridgehead atoms. The highest BCUT2D eigenvalue weighted by Crippen LogP contribution is 2.14. The van der Waals surface area contributed by atoms with E-state index in [0.29, 0.717) is 13.2 Å². The number of methoxy groups -OCH3 is 1. The summed E-state index contributed by atoms with van der Waals surface area (Å²) in [5.74, 6) is 0.178. The van der Waals surface area contributed by atoms with Gasteiger partial charge in [0.1, 0.15) is 0 Å². The zero-order chi connectivity index (χ0) is 11.2. The van der Waals surface area contributed by atoms with Crippen LogP contribution in [-0.2, 0) is 4.74 Å². The van der Waals surface area contributed by atoms with Gasteiger partial charge in [-0.15, -0.1) is 0 Å². The maximum Gasteiger partial charge on any atom is 0.0766 e. The fourth-order valence-electron chi connectivity index (χ4n) is 0.932. The summed E-state index contributed by atoms with van der Waals surface area (Å²) in [5, 5.41) is 22.0. The molecule has 4 heteroatoms. The maximum atomic E-state index is 9.92. The molecule has 3 N–H and O–H groups in total. The third-order valence-corrected chi connectivity index (χ3v) is 2.58. The Hall–Kier alpha value is -0.160. The Kier molecular flexibility index (Phi) is 6.27. The summed E-state index contributed by atoms with van der Waals surface area (Å²) in [7, 11) is 1.59. The molecule has 0 rings (SSSR count). The minimum atomic E-state index is -0.749. The Morgan fingerprint density at radius 2 is 2.00 bits per heavy atom. The van der Waals surface area contributed by atoms with Crippen LogP contribution in [0.1, 0.15) is 20.8 Å². The number of hydrogen-bond acceptors (Lipinski definition) is 4. The predicted molar refractivity (Wildman–Crippen MR) is 56.2 cm³/mol. The third-order valence-electron chi connectivity index (χ3n) is 2.58. The first-order valence-electron chi connectivity index (χ1n) is 4.99. The number of ether oxygens (including phenoxy) is 1. The van der Waals surface area contributed by atoms with Gasteiger partial charge in [-0.3, -0.25) is 0 Å². The van der Waals surface area contributed by atoms with Crippen molar-refractivity contribution in [3.63, 3.8) is 0 Å². The number of aliphatic hydroxyl groups is 2. The van der Waals surface area contributed by atoms with E-state index >= 15 is 0 Å². The number of hydrogen-bond donors (Lipinski definition) is 3. The van der Waals surface area contributed by atoms with E-state index in [4.69, 9.17) is 9.84 Å². The van der Waals surface area contributed by atoms with Crippen LogP contribution in [0, 0.1) is 5.92 Å². The van der Waals surface area contributed by atoms with Crippen LogP contribution in [0.15, 0.2) is 0 Å². The van der Waals surface area contributed by atoms with E-state index in [2.05, 4.69) is 5.32 Å². The van der Waals surface area contributed by atoms with Crippen molar-refractivity contribution in [2.24, 2.45) is 5.92 Å². The molecule has 0 aromatic carbocycles. The molecule has 4 nitrogen and oxygen atoms in total. The van der Waals surface area contributed by atoms with Gasteiger partial charge in [0.2, 0.25) is 0 Å². The second-order valence-electron chi connectivity index (χ2n) is 4.23. The summed E-state index contributed by atoms with van der Waals surface area (Å²) in [6.07, 6.45) is 0. The van der Waals surface area contributed by atoms with Crippen molar-refractivity contribution in [1.82, 2.24) is 5.32 Å². The van der Waals surface area contributed by atoms with Crippen molar-refractivity contribution >= 4 is 0 Å². The van der Waals surface area contributed by atoms with Gasteiger partial charge in [-0.1, -0.05) is 13.8 Å². The van der Waals surface area contributed by atoms with E-state index in [1.54, 1.807) is 14.0 Å². The average molecular weight is 205 g/mol. The van der Waals surface area contributed by atoms with E-state index in [0.717, 1.165) is 0 Å². The van der Waals surface area contributed by atoms with Crippen molar-refractivity contribution in [3.05, 3.63) is 0 Å². The molecule has 0 amide bonds. The minimum Gasteiger partial charge on any atom is -0.395 e. The highest BCUT2D eigenvalue weighted by Gasteiger charge is 2.25. The first kappa shape index (κ1) is 13.8. The quantitative estimate of drug-likeness (QED) is 0.547. The van der Waals surface area contributed by atoms with Crippen LogP contribution >= 0.6 is 0 Å². The van der Waals surface area contributed by atoms with E-state index < -0.39 is 5.60 Å². The SMILES string of the molecule is COCC(CO)NCC(C)(O)C(C)C. The van der Waals surface area contributed by atoms with E-state index in [1.165, 1.54) is 0 Å². The lowest BCUT2D eigenvalue weighted by Crippen LogP contribution is -2.48. The Morgan fingerprint density at radius 1 is 1.43 bits per heavy atom.